The van der Waals surface area contributed by atoms with E-state index in [9.17, 15) is 0 Å². The summed E-state index contributed by atoms with van der Waals surface area (Å²) in [5.41, 5.74) is 0. The van der Waals surface area contributed by atoms with Gasteiger partial charge in [-0.3, -0.25) is 0 Å². The molecule has 1 nitrogen and oxygen atoms in total. The fraction of sp³-hybridized carbons (Fsp3) is 0.500. The van der Waals surface area contributed by atoms with Crippen molar-refractivity contribution >= 4 is 22.0 Å². The van der Waals surface area contributed by atoms with Crippen molar-refractivity contribution in [2.24, 2.45) is 0 Å². The zero-order valence-electron chi connectivity index (χ0n) is 9.25. The quantitative estimate of drug-likeness (QED) is 0.487. The van der Waals surface area contributed by atoms with Crippen molar-refractivity contribution in [3.63, 3.8) is 0 Å². The summed E-state index contributed by atoms with van der Waals surface area (Å²) in [6.45, 7) is 3.07. The van der Waals surface area contributed by atoms with E-state index in [4.69, 9.17) is 4.74 Å². The molecule has 1 rings (SSSR count). The zero-order valence-corrected chi connectivity index (χ0v) is 9.25. The summed E-state index contributed by atoms with van der Waals surface area (Å²) >= 11 is 2.09. The van der Waals surface area contributed by atoms with Gasteiger partial charge in [-0.15, -0.1) is 0 Å². The molecular weight excluding hydrogens is 167 g/mol. The fourth-order valence-corrected chi connectivity index (χ4v) is 1.35. The van der Waals surface area contributed by atoms with E-state index in [1.807, 2.05) is 12.1 Å². The first-order valence-electron chi connectivity index (χ1n) is 5.52. The molecular formula is C12H17LiO. The van der Waals surface area contributed by atoms with Crippen LogP contribution in [0.15, 0.2) is 24.3 Å². The third kappa shape index (κ3) is 4.74. The monoisotopic (exact) mass is 184 g/mol. The Hall–Kier alpha value is -0.383. The number of rotatable bonds is 6. The van der Waals surface area contributed by atoms with Gasteiger partial charge in [-0.05, 0) is 0 Å². The Morgan fingerprint density at radius 3 is 2.43 bits per heavy atom. The average molecular weight is 184 g/mol. The molecule has 0 radical (unpaired) electrons. The van der Waals surface area contributed by atoms with Crippen molar-refractivity contribution in [3.05, 3.63) is 24.3 Å². The zero-order chi connectivity index (χ0) is 10.2. The molecule has 0 saturated carbocycles. The first-order chi connectivity index (χ1) is 6.83. The van der Waals surface area contributed by atoms with Gasteiger partial charge in [-0.1, -0.05) is 0 Å². The minimum absolute atomic E-state index is 0.850. The normalized spacial score (nSPS) is 10.2. The van der Waals surface area contributed by atoms with Crippen molar-refractivity contribution in [2.75, 3.05) is 6.61 Å². The van der Waals surface area contributed by atoms with Crippen molar-refractivity contribution in [2.45, 2.75) is 32.6 Å². The van der Waals surface area contributed by atoms with Gasteiger partial charge in [0.2, 0.25) is 0 Å². The van der Waals surface area contributed by atoms with Crippen molar-refractivity contribution in [3.8, 4) is 5.75 Å². The van der Waals surface area contributed by atoms with Gasteiger partial charge in [0.05, 0.1) is 0 Å². The molecule has 0 fully saturated rings. The van der Waals surface area contributed by atoms with Gasteiger partial charge in [0, 0.05) is 0 Å². The van der Waals surface area contributed by atoms with Crippen LogP contribution in [0.1, 0.15) is 32.6 Å². The molecule has 0 aliphatic rings. The molecule has 0 N–H and O–H groups in total. The maximum atomic E-state index is 5.61. The van der Waals surface area contributed by atoms with Crippen molar-refractivity contribution in [1.82, 2.24) is 0 Å². The van der Waals surface area contributed by atoms with E-state index >= 15 is 0 Å². The molecule has 0 bridgehead atoms. The van der Waals surface area contributed by atoms with Crippen LogP contribution >= 0.6 is 0 Å². The molecule has 0 atom stereocenters. The van der Waals surface area contributed by atoms with Crippen LogP contribution in [0.2, 0.25) is 0 Å². The van der Waals surface area contributed by atoms with Crippen LogP contribution in [0.4, 0.5) is 0 Å². The van der Waals surface area contributed by atoms with Gasteiger partial charge < -0.3 is 0 Å². The molecule has 0 unspecified atom stereocenters. The number of hydrogen-bond donors (Lipinski definition) is 0. The molecule has 0 aliphatic carbocycles. The minimum atomic E-state index is 0.850. The van der Waals surface area contributed by atoms with Crippen LogP contribution < -0.4 is 8.97 Å². The second-order valence-electron chi connectivity index (χ2n) is 3.72. The third-order valence-electron chi connectivity index (χ3n) is 2.29. The first kappa shape index (κ1) is 11.7. The number of unbranched alkanes of at least 4 members (excludes halogenated alkanes) is 3. The van der Waals surface area contributed by atoms with Gasteiger partial charge in [-0.25, -0.2) is 0 Å². The standard InChI is InChI=1S/C12H17O.Li/c1-2-3-4-8-11-13-12-9-6-5-7-10-12;/h6-7,9-10H,2-4,8,11H2,1H3;. The average Bonchev–Trinajstić information content (AvgIpc) is 2.21. The number of benzene rings is 1. The molecule has 14 heavy (non-hydrogen) atoms. The Morgan fingerprint density at radius 1 is 1.07 bits per heavy atom. The summed E-state index contributed by atoms with van der Waals surface area (Å²) in [5.74, 6) is 0.993. The predicted octanol–water partition coefficient (Wildman–Crippen LogP) is 2.44. The number of hydrogen-bond acceptors (Lipinski definition) is 1. The molecule has 72 valence electrons. The SMILES string of the molecule is [Li][c]1ccc(OCCCCCC)cc1. The second-order valence-corrected chi connectivity index (χ2v) is 3.72. The van der Waals surface area contributed by atoms with E-state index in [2.05, 4.69) is 36.8 Å². The van der Waals surface area contributed by atoms with E-state index in [0.29, 0.717) is 0 Å². The van der Waals surface area contributed by atoms with Gasteiger partial charge in [0.25, 0.3) is 0 Å². The third-order valence-corrected chi connectivity index (χ3v) is 2.29. The summed E-state index contributed by atoms with van der Waals surface area (Å²) in [7, 11) is 0. The van der Waals surface area contributed by atoms with E-state index in [1.54, 1.807) is 0 Å². The molecule has 0 spiro atoms. The van der Waals surface area contributed by atoms with Gasteiger partial charge >= 0.3 is 95.9 Å². The number of ether oxygens (including phenoxy) is 1. The Balaban J connectivity index is 2.15. The molecule has 2 heteroatoms. The Morgan fingerprint density at radius 2 is 1.79 bits per heavy atom. The van der Waals surface area contributed by atoms with E-state index in [0.717, 1.165) is 12.4 Å². The van der Waals surface area contributed by atoms with Crippen LogP contribution in [0, 0.1) is 0 Å². The molecule has 0 amide bonds. The van der Waals surface area contributed by atoms with Crippen LogP contribution in [-0.2, 0) is 0 Å². The molecule has 1 aromatic rings. The summed E-state index contributed by atoms with van der Waals surface area (Å²) in [5, 5.41) is 0. The summed E-state index contributed by atoms with van der Waals surface area (Å²) < 4.78 is 6.89. The van der Waals surface area contributed by atoms with Crippen LogP contribution in [0.25, 0.3) is 0 Å². The van der Waals surface area contributed by atoms with Gasteiger partial charge in [-0.2, -0.15) is 0 Å². The summed E-state index contributed by atoms with van der Waals surface area (Å²) in [6, 6.07) is 8.24. The predicted molar refractivity (Wildman–Crippen MR) is 61.5 cm³/mol. The fourth-order valence-electron chi connectivity index (χ4n) is 1.35. The van der Waals surface area contributed by atoms with E-state index in [-0.39, 0.29) is 0 Å². The van der Waals surface area contributed by atoms with Crippen LogP contribution in [0.5, 0.6) is 5.75 Å². The molecule has 0 saturated heterocycles. The Labute approximate surface area is 96.1 Å². The van der Waals surface area contributed by atoms with Gasteiger partial charge in [0.1, 0.15) is 0 Å². The van der Waals surface area contributed by atoms with Crippen molar-refractivity contribution in [1.29, 1.82) is 0 Å². The first-order valence-corrected chi connectivity index (χ1v) is 5.52. The van der Waals surface area contributed by atoms with E-state index < -0.39 is 0 Å². The Bertz CT molecular complexity index is 243. The molecule has 0 aromatic heterocycles. The van der Waals surface area contributed by atoms with Crippen LogP contribution in [-0.4, -0.2) is 24.3 Å². The second kappa shape index (κ2) is 6.98. The van der Waals surface area contributed by atoms with Gasteiger partial charge in [0.15, 0.2) is 0 Å². The maximum absolute atomic E-state index is 5.61. The summed E-state index contributed by atoms with van der Waals surface area (Å²) in [6.07, 6.45) is 5.05. The Kier molecular flexibility index (Phi) is 5.83. The molecule has 1 aromatic carbocycles. The molecule has 0 aliphatic heterocycles. The van der Waals surface area contributed by atoms with Crippen LogP contribution in [0.3, 0.4) is 0 Å². The molecule has 0 heterocycles. The topological polar surface area (TPSA) is 9.23 Å². The van der Waals surface area contributed by atoms with E-state index in [1.165, 1.54) is 29.9 Å². The van der Waals surface area contributed by atoms with Crippen molar-refractivity contribution < 1.29 is 4.74 Å². The summed E-state index contributed by atoms with van der Waals surface area (Å²) in [4.78, 5) is 0.